The van der Waals surface area contributed by atoms with Crippen LogP contribution in [0.3, 0.4) is 0 Å². The normalized spacial score (nSPS) is 18.4. The molecule has 0 radical (unpaired) electrons. The molecule has 0 bridgehead atoms. The Morgan fingerprint density at radius 1 is 1.00 bits per heavy atom. The van der Waals surface area contributed by atoms with Crippen molar-refractivity contribution in [3.63, 3.8) is 0 Å². The molecular formula is C23H31N5O. The topological polar surface area (TPSA) is 70.2 Å². The summed E-state index contributed by atoms with van der Waals surface area (Å²) in [5, 5.41) is 6.40. The van der Waals surface area contributed by atoms with Crippen LogP contribution in [0.1, 0.15) is 62.4 Å². The van der Waals surface area contributed by atoms with E-state index in [1.165, 1.54) is 44.1 Å². The molecule has 0 atom stereocenters. The van der Waals surface area contributed by atoms with E-state index in [0.717, 1.165) is 37.5 Å². The van der Waals surface area contributed by atoms with Crippen LogP contribution in [0.4, 0.5) is 17.2 Å². The lowest BCUT2D eigenvalue weighted by Gasteiger charge is -2.32. The second-order valence-electron chi connectivity index (χ2n) is 8.44. The van der Waals surface area contributed by atoms with Gasteiger partial charge in [-0.05, 0) is 55.9 Å². The molecule has 154 valence electrons. The highest BCUT2D eigenvalue weighted by atomic mass is 16.1. The maximum absolute atomic E-state index is 12.5. The van der Waals surface area contributed by atoms with Crippen molar-refractivity contribution in [1.82, 2.24) is 15.3 Å². The van der Waals surface area contributed by atoms with Gasteiger partial charge in [0.25, 0.3) is 5.91 Å². The van der Waals surface area contributed by atoms with E-state index in [1.54, 1.807) is 6.07 Å². The van der Waals surface area contributed by atoms with Gasteiger partial charge in [-0.1, -0.05) is 26.2 Å². The van der Waals surface area contributed by atoms with Crippen LogP contribution in [0.25, 0.3) is 0 Å². The van der Waals surface area contributed by atoms with Crippen LogP contribution in [0.15, 0.2) is 36.7 Å². The van der Waals surface area contributed by atoms with Crippen LogP contribution in [-0.4, -0.2) is 35.0 Å². The lowest BCUT2D eigenvalue weighted by atomic mass is 9.95. The molecule has 1 amide bonds. The first kappa shape index (κ1) is 19.7. The van der Waals surface area contributed by atoms with Gasteiger partial charge >= 0.3 is 0 Å². The fourth-order valence-corrected chi connectivity index (χ4v) is 4.23. The Morgan fingerprint density at radius 3 is 2.45 bits per heavy atom. The molecule has 1 saturated heterocycles. The zero-order valence-electron chi connectivity index (χ0n) is 17.2. The van der Waals surface area contributed by atoms with Crippen LogP contribution in [-0.2, 0) is 0 Å². The van der Waals surface area contributed by atoms with Crippen LogP contribution >= 0.6 is 0 Å². The second kappa shape index (κ2) is 9.25. The predicted molar refractivity (Wildman–Crippen MR) is 117 cm³/mol. The van der Waals surface area contributed by atoms with Gasteiger partial charge in [-0.3, -0.25) is 4.79 Å². The first-order valence-electron chi connectivity index (χ1n) is 10.9. The number of hydrogen-bond donors (Lipinski definition) is 2. The molecule has 2 N–H and O–H groups in total. The molecule has 1 aromatic heterocycles. The molecular weight excluding hydrogens is 362 g/mol. The Labute approximate surface area is 173 Å². The molecule has 2 aromatic rings. The van der Waals surface area contributed by atoms with Crippen molar-refractivity contribution in [2.45, 2.75) is 57.9 Å². The summed E-state index contributed by atoms with van der Waals surface area (Å²) in [5.41, 5.74) is 2.63. The smallest absolute Gasteiger partial charge is 0.270 e. The largest absolute Gasteiger partial charge is 0.372 e. The minimum atomic E-state index is -0.114. The molecule has 1 aliphatic carbocycles. The summed E-state index contributed by atoms with van der Waals surface area (Å²) in [6, 6.07) is 10.4. The number of anilines is 3. The molecule has 2 fully saturated rings. The number of benzene rings is 1. The molecule has 1 aliphatic heterocycles. The minimum absolute atomic E-state index is 0.114. The summed E-state index contributed by atoms with van der Waals surface area (Å²) in [5.74, 6) is 1.35. The van der Waals surface area contributed by atoms with Gasteiger partial charge in [0.1, 0.15) is 17.8 Å². The highest BCUT2D eigenvalue weighted by Gasteiger charge is 2.18. The van der Waals surface area contributed by atoms with Crippen LogP contribution in [0, 0.1) is 5.92 Å². The van der Waals surface area contributed by atoms with E-state index in [4.69, 9.17) is 0 Å². The average molecular weight is 394 g/mol. The molecule has 6 nitrogen and oxygen atoms in total. The standard InChI is InChI=1S/C23H31N5O/c1-17-11-13-28(14-12-17)20-9-7-19(8-10-20)26-22-15-21(24-16-25-22)23(29)27-18-5-3-2-4-6-18/h7-10,15-18H,2-6,11-14H2,1H3,(H,27,29)(H,24,25,26). The molecule has 0 spiro atoms. The molecule has 4 rings (SSSR count). The number of rotatable bonds is 5. The lowest BCUT2D eigenvalue weighted by Crippen LogP contribution is -2.36. The van der Waals surface area contributed by atoms with E-state index < -0.39 is 0 Å². The third-order valence-corrected chi connectivity index (χ3v) is 6.13. The molecule has 2 heterocycles. The summed E-state index contributed by atoms with van der Waals surface area (Å²) >= 11 is 0. The minimum Gasteiger partial charge on any atom is -0.372 e. The average Bonchev–Trinajstić information content (AvgIpc) is 2.76. The Morgan fingerprint density at radius 2 is 1.72 bits per heavy atom. The molecule has 29 heavy (non-hydrogen) atoms. The van der Waals surface area contributed by atoms with Crippen molar-refractivity contribution >= 4 is 23.1 Å². The highest BCUT2D eigenvalue weighted by molar-refractivity contribution is 5.93. The zero-order chi connectivity index (χ0) is 20.1. The van der Waals surface area contributed by atoms with Crippen LogP contribution in [0.5, 0.6) is 0 Å². The van der Waals surface area contributed by atoms with Crippen LogP contribution in [0.2, 0.25) is 0 Å². The highest BCUT2D eigenvalue weighted by Crippen LogP contribution is 2.25. The van der Waals surface area contributed by atoms with Crippen molar-refractivity contribution in [3.05, 3.63) is 42.4 Å². The number of hydrogen-bond acceptors (Lipinski definition) is 5. The third-order valence-electron chi connectivity index (χ3n) is 6.13. The second-order valence-corrected chi connectivity index (χ2v) is 8.44. The number of nitrogens with one attached hydrogen (secondary N) is 2. The number of aromatic nitrogens is 2. The molecule has 6 heteroatoms. The Hall–Kier alpha value is -2.63. The zero-order valence-corrected chi connectivity index (χ0v) is 17.2. The molecule has 2 aliphatic rings. The summed E-state index contributed by atoms with van der Waals surface area (Å²) in [4.78, 5) is 23.4. The number of nitrogens with zero attached hydrogens (tertiary/aromatic N) is 3. The van der Waals surface area contributed by atoms with Crippen molar-refractivity contribution < 1.29 is 4.79 Å². The number of carbonyl (C=O) groups excluding carboxylic acids is 1. The maximum atomic E-state index is 12.5. The van der Waals surface area contributed by atoms with Crippen LogP contribution < -0.4 is 15.5 Å². The third kappa shape index (κ3) is 5.25. The van der Waals surface area contributed by atoms with Gasteiger partial charge in [0.2, 0.25) is 0 Å². The van der Waals surface area contributed by atoms with E-state index in [0.29, 0.717) is 11.5 Å². The molecule has 1 saturated carbocycles. The molecule has 0 unspecified atom stereocenters. The number of piperidine rings is 1. The first-order chi connectivity index (χ1) is 14.2. The van der Waals surface area contributed by atoms with Crippen molar-refractivity contribution in [3.8, 4) is 0 Å². The van der Waals surface area contributed by atoms with Gasteiger partial charge in [0.05, 0.1) is 0 Å². The monoisotopic (exact) mass is 393 g/mol. The van der Waals surface area contributed by atoms with Crippen molar-refractivity contribution in [2.75, 3.05) is 23.3 Å². The van der Waals surface area contributed by atoms with E-state index in [9.17, 15) is 4.79 Å². The van der Waals surface area contributed by atoms with E-state index in [1.807, 2.05) is 0 Å². The Kier molecular flexibility index (Phi) is 6.27. The predicted octanol–water partition coefficient (Wildman–Crippen LogP) is 4.52. The first-order valence-corrected chi connectivity index (χ1v) is 10.9. The summed E-state index contributed by atoms with van der Waals surface area (Å²) in [7, 11) is 0. The number of carbonyl (C=O) groups is 1. The lowest BCUT2D eigenvalue weighted by molar-refractivity contribution is 0.0922. The quantitative estimate of drug-likeness (QED) is 0.782. The SMILES string of the molecule is CC1CCN(c2ccc(Nc3cc(C(=O)NC4CCCCC4)ncn3)cc2)CC1. The summed E-state index contributed by atoms with van der Waals surface area (Å²) in [6.07, 6.45) is 9.72. The summed E-state index contributed by atoms with van der Waals surface area (Å²) < 4.78 is 0. The van der Waals surface area contributed by atoms with Gasteiger partial charge in [-0.25, -0.2) is 9.97 Å². The van der Waals surface area contributed by atoms with Crippen molar-refractivity contribution in [1.29, 1.82) is 0 Å². The van der Waals surface area contributed by atoms with Crippen molar-refractivity contribution in [2.24, 2.45) is 5.92 Å². The van der Waals surface area contributed by atoms with Gasteiger partial charge < -0.3 is 15.5 Å². The fraction of sp³-hybridized carbons (Fsp3) is 0.522. The Balaban J connectivity index is 1.36. The fourth-order valence-electron chi connectivity index (χ4n) is 4.23. The van der Waals surface area contributed by atoms with Gasteiger partial charge in [-0.15, -0.1) is 0 Å². The Bertz CT molecular complexity index is 808. The number of amides is 1. The van der Waals surface area contributed by atoms with Gasteiger partial charge in [0, 0.05) is 36.6 Å². The van der Waals surface area contributed by atoms with Gasteiger partial charge in [-0.2, -0.15) is 0 Å². The van der Waals surface area contributed by atoms with E-state index in [2.05, 4.69) is 56.7 Å². The maximum Gasteiger partial charge on any atom is 0.270 e. The van der Waals surface area contributed by atoms with E-state index >= 15 is 0 Å². The van der Waals surface area contributed by atoms with Gasteiger partial charge in [0.15, 0.2) is 0 Å². The van der Waals surface area contributed by atoms with E-state index in [-0.39, 0.29) is 11.9 Å². The summed E-state index contributed by atoms with van der Waals surface area (Å²) in [6.45, 7) is 4.58. The molecule has 1 aromatic carbocycles.